The molecule has 1 rings (SSSR count). The van der Waals surface area contributed by atoms with Gasteiger partial charge in [-0.1, -0.05) is 0 Å². The van der Waals surface area contributed by atoms with Crippen LogP contribution in [0.1, 0.15) is 19.3 Å². The molecule has 1 N–H and O–H groups in total. The van der Waals surface area contributed by atoms with Gasteiger partial charge in [0.05, 0.1) is 19.1 Å². The predicted octanol–water partition coefficient (Wildman–Crippen LogP) is 0.233. The smallest absolute Gasteiger partial charge is 0.224 e. The van der Waals surface area contributed by atoms with Gasteiger partial charge < -0.3 is 15.0 Å². The van der Waals surface area contributed by atoms with Gasteiger partial charge in [0, 0.05) is 20.6 Å². The Labute approximate surface area is 85.6 Å². The largest absolute Gasteiger partial charge is 0.376 e. The van der Waals surface area contributed by atoms with E-state index in [0.29, 0.717) is 19.1 Å². The number of piperidine rings is 1. The van der Waals surface area contributed by atoms with Crippen LogP contribution in [-0.2, 0) is 9.53 Å². The standard InChI is InChI=1S/C10H20N2O2/c1-12(2)10(13)5-7-14-9-4-3-6-11-8-9/h9,11H,3-8H2,1-2H3. The zero-order valence-electron chi connectivity index (χ0n) is 9.08. The molecule has 0 aromatic heterocycles. The average Bonchev–Trinajstić information content (AvgIpc) is 2.19. The van der Waals surface area contributed by atoms with Gasteiger partial charge in [-0.2, -0.15) is 0 Å². The lowest BCUT2D eigenvalue weighted by atomic mass is 10.1. The molecule has 1 saturated heterocycles. The Hall–Kier alpha value is -0.610. The van der Waals surface area contributed by atoms with Crippen molar-refractivity contribution in [2.75, 3.05) is 33.8 Å². The third kappa shape index (κ3) is 4.07. The summed E-state index contributed by atoms with van der Waals surface area (Å²) in [5.41, 5.74) is 0. The summed E-state index contributed by atoms with van der Waals surface area (Å²) in [5.74, 6) is 0.133. The summed E-state index contributed by atoms with van der Waals surface area (Å²) in [5, 5.41) is 3.28. The fourth-order valence-corrected chi connectivity index (χ4v) is 1.50. The molecule has 82 valence electrons. The molecule has 1 unspecified atom stereocenters. The van der Waals surface area contributed by atoms with Gasteiger partial charge in [-0.3, -0.25) is 4.79 Å². The molecule has 4 nitrogen and oxygen atoms in total. The second-order valence-electron chi connectivity index (χ2n) is 3.88. The number of hydrogen-bond acceptors (Lipinski definition) is 3. The van der Waals surface area contributed by atoms with Crippen LogP contribution in [0.2, 0.25) is 0 Å². The lowest BCUT2D eigenvalue weighted by molar-refractivity contribution is -0.130. The summed E-state index contributed by atoms with van der Waals surface area (Å²) in [6, 6.07) is 0. The van der Waals surface area contributed by atoms with E-state index < -0.39 is 0 Å². The highest BCUT2D eigenvalue weighted by molar-refractivity contribution is 5.75. The number of nitrogens with zero attached hydrogens (tertiary/aromatic N) is 1. The van der Waals surface area contributed by atoms with Crippen molar-refractivity contribution in [1.82, 2.24) is 10.2 Å². The molecule has 1 heterocycles. The number of carbonyl (C=O) groups is 1. The molecule has 0 aliphatic carbocycles. The van der Waals surface area contributed by atoms with Crippen molar-refractivity contribution in [3.63, 3.8) is 0 Å². The van der Waals surface area contributed by atoms with Crippen LogP contribution in [0, 0.1) is 0 Å². The highest BCUT2D eigenvalue weighted by atomic mass is 16.5. The first-order chi connectivity index (χ1) is 6.70. The fourth-order valence-electron chi connectivity index (χ4n) is 1.50. The van der Waals surface area contributed by atoms with E-state index in [4.69, 9.17) is 4.74 Å². The van der Waals surface area contributed by atoms with E-state index in [-0.39, 0.29) is 5.91 Å². The Balaban J connectivity index is 2.05. The van der Waals surface area contributed by atoms with E-state index >= 15 is 0 Å². The minimum atomic E-state index is 0.133. The van der Waals surface area contributed by atoms with Gasteiger partial charge in [-0.15, -0.1) is 0 Å². The van der Waals surface area contributed by atoms with Crippen molar-refractivity contribution in [2.24, 2.45) is 0 Å². The zero-order valence-corrected chi connectivity index (χ0v) is 9.08. The molecule has 0 aromatic rings. The summed E-state index contributed by atoms with van der Waals surface area (Å²) in [6.07, 6.45) is 3.08. The Morgan fingerprint density at radius 1 is 1.57 bits per heavy atom. The zero-order chi connectivity index (χ0) is 10.4. The van der Waals surface area contributed by atoms with Gasteiger partial charge in [-0.05, 0) is 19.4 Å². The molecular weight excluding hydrogens is 180 g/mol. The van der Waals surface area contributed by atoms with E-state index in [0.717, 1.165) is 19.5 Å². The van der Waals surface area contributed by atoms with Gasteiger partial charge >= 0.3 is 0 Å². The van der Waals surface area contributed by atoms with Crippen LogP contribution in [0.4, 0.5) is 0 Å². The van der Waals surface area contributed by atoms with Gasteiger partial charge in [-0.25, -0.2) is 0 Å². The molecule has 0 radical (unpaired) electrons. The number of carbonyl (C=O) groups excluding carboxylic acids is 1. The Morgan fingerprint density at radius 3 is 2.93 bits per heavy atom. The minimum absolute atomic E-state index is 0.133. The predicted molar refractivity (Wildman–Crippen MR) is 55.2 cm³/mol. The van der Waals surface area contributed by atoms with Crippen molar-refractivity contribution in [3.8, 4) is 0 Å². The highest BCUT2D eigenvalue weighted by Crippen LogP contribution is 2.06. The molecule has 4 heteroatoms. The molecule has 1 atom stereocenters. The van der Waals surface area contributed by atoms with Crippen molar-refractivity contribution < 1.29 is 9.53 Å². The molecular formula is C10H20N2O2. The molecule has 0 saturated carbocycles. The average molecular weight is 200 g/mol. The van der Waals surface area contributed by atoms with Crippen LogP contribution in [0.5, 0.6) is 0 Å². The Bertz CT molecular complexity index is 177. The molecule has 1 aliphatic heterocycles. The normalized spacial score (nSPS) is 22.0. The van der Waals surface area contributed by atoms with Crippen molar-refractivity contribution in [2.45, 2.75) is 25.4 Å². The minimum Gasteiger partial charge on any atom is -0.376 e. The maximum atomic E-state index is 11.2. The summed E-state index contributed by atoms with van der Waals surface area (Å²) >= 11 is 0. The first-order valence-corrected chi connectivity index (χ1v) is 5.22. The third-order valence-electron chi connectivity index (χ3n) is 2.42. The first kappa shape index (κ1) is 11.5. The molecule has 1 amide bonds. The van der Waals surface area contributed by atoms with Gasteiger partial charge in [0.25, 0.3) is 0 Å². The van der Waals surface area contributed by atoms with Crippen LogP contribution in [0.15, 0.2) is 0 Å². The van der Waals surface area contributed by atoms with Crippen LogP contribution in [0.3, 0.4) is 0 Å². The number of rotatable bonds is 4. The van der Waals surface area contributed by atoms with E-state index in [2.05, 4.69) is 5.32 Å². The second-order valence-corrected chi connectivity index (χ2v) is 3.88. The van der Waals surface area contributed by atoms with Gasteiger partial charge in [0.1, 0.15) is 0 Å². The molecule has 0 spiro atoms. The monoisotopic (exact) mass is 200 g/mol. The quantitative estimate of drug-likeness (QED) is 0.706. The summed E-state index contributed by atoms with van der Waals surface area (Å²) < 4.78 is 5.59. The lowest BCUT2D eigenvalue weighted by Gasteiger charge is -2.23. The topological polar surface area (TPSA) is 41.6 Å². The SMILES string of the molecule is CN(C)C(=O)CCOC1CCCNC1. The summed E-state index contributed by atoms with van der Waals surface area (Å²) in [7, 11) is 3.54. The van der Waals surface area contributed by atoms with Crippen LogP contribution < -0.4 is 5.32 Å². The second kappa shape index (κ2) is 5.98. The third-order valence-corrected chi connectivity index (χ3v) is 2.42. The van der Waals surface area contributed by atoms with Gasteiger partial charge in [0.15, 0.2) is 0 Å². The number of ether oxygens (including phenoxy) is 1. The molecule has 14 heavy (non-hydrogen) atoms. The molecule has 1 aliphatic rings. The molecule has 0 bridgehead atoms. The number of hydrogen-bond donors (Lipinski definition) is 1. The maximum absolute atomic E-state index is 11.2. The fraction of sp³-hybridized carbons (Fsp3) is 0.900. The van der Waals surface area contributed by atoms with E-state index in [1.807, 2.05) is 0 Å². The van der Waals surface area contributed by atoms with Crippen LogP contribution in [-0.4, -0.2) is 50.7 Å². The van der Waals surface area contributed by atoms with Crippen LogP contribution >= 0.6 is 0 Å². The number of nitrogens with one attached hydrogen (secondary N) is 1. The first-order valence-electron chi connectivity index (χ1n) is 5.22. The molecule has 1 fully saturated rings. The summed E-state index contributed by atoms with van der Waals surface area (Å²) in [4.78, 5) is 12.8. The van der Waals surface area contributed by atoms with E-state index in [9.17, 15) is 4.79 Å². The van der Waals surface area contributed by atoms with Crippen molar-refractivity contribution >= 4 is 5.91 Å². The summed E-state index contributed by atoms with van der Waals surface area (Å²) in [6.45, 7) is 2.57. The Kier molecular flexibility index (Phi) is 4.90. The number of amides is 1. The lowest BCUT2D eigenvalue weighted by Crippen LogP contribution is -2.36. The van der Waals surface area contributed by atoms with Gasteiger partial charge in [0.2, 0.25) is 5.91 Å². The maximum Gasteiger partial charge on any atom is 0.224 e. The van der Waals surface area contributed by atoms with Crippen molar-refractivity contribution in [3.05, 3.63) is 0 Å². The Morgan fingerprint density at radius 2 is 2.36 bits per heavy atom. The molecule has 0 aromatic carbocycles. The van der Waals surface area contributed by atoms with E-state index in [1.54, 1.807) is 19.0 Å². The van der Waals surface area contributed by atoms with E-state index in [1.165, 1.54) is 6.42 Å². The van der Waals surface area contributed by atoms with Crippen molar-refractivity contribution in [1.29, 1.82) is 0 Å². The van der Waals surface area contributed by atoms with Crippen LogP contribution in [0.25, 0.3) is 0 Å². The highest BCUT2D eigenvalue weighted by Gasteiger charge is 2.13.